The normalized spacial score (nSPS) is 21.1. The largest absolute Gasteiger partial charge is 0.396 e. The van der Waals surface area contributed by atoms with E-state index in [1.54, 1.807) is 0 Å². The number of rotatable bonds is 7. The maximum absolute atomic E-state index is 12.2. The van der Waals surface area contributed by atoms with Crippen molar-refractivity contribution in [1.29, 1.82) is 0 Å². The zero-order valence-corrected chi connectivity index (χ0v) is 12.2. The molecule has 1 heterocycles. The first-order valence-corrected chi connectivity index (χ1v) is 7.01. The molecule has 0 aromatic heterocycles. The number of likely N-dealkylation sites (tertiary alicyclic amines) is 1. The molecule has 1 unspecified atom stereocenters. The van der Waals surface area contributed by atoms with Crippen LogP contribution in [-0.4, -0.2) is 47.7 Å². The van der Waals surface area contributed by atoms with Crippen LogP contribution in [0.4, 0.5) is 0 Å². The van der Waals surface area contributed by atoms with E-state index in [1.165, 1.54) is 0 Å². The van der Waals surface area contributed by atoms with Crippen molar-refractivity contribution in [2.45, 2.75) is 59.0 Å². The van der Waals surface area contributed by atoms with Gasteiger partial charge in [-0.1, -0.05) is 27.7 Å². The van der Waals surface area contributed by atoms with Crippen molar-refractivity contribution in [3.63, 3.8) is 0 Å². The molecule has 1 aliphatic rings. The van der Waals surface area contributed by atoms with Crippen LogP contribution in [0.3, 0.4) is 0 Å². The van der Waals surface area contributed by atoms with E-state index in [4.69, 9.17) is 5.11 Å². The molecular formula is C14H28N2O2. The number of aliphatic hydroxyl groups is 1. The molecule has 1 saturated heterocycles. The minimum atomic E-state index is -0.00126. The van der Waals surface area contributed by atoms with Gasteiger partial charge in [-0.25, -0.2) is 0 Å². The number of aliphatic hydroxyl groups excluding tert-OH is 1. The molecule has 18 heavy (non-hydrogen) atoms. The predicted octanol–water partition coefficient (Wildman–Crippen LogP) is 1.38. The van der Waals surface area contributed by atoms with Gasteiger partial charge in [0.05, 0.1) is 6.04 Å². The Balaban J connectivity index is 2.47. The Morgan fingerprint density at radius 3 is 2.72 bits per heavy atom. The molecule has 0 radical (unpaired) electrons. The van der Waals surface area contributed by atoms with Crippen LogP contribution < -0.4 is 5.32 Å². The molecule has 0 aliphatic carbocycles. The standard InChI is InChI=1S/C14H28N2O2/c1-11(2)15-12-6-8-16(13(12)18)10-14(3,4)7-5-9-17/h11-12,15,17H,5-10H2,1-4H3. The van der Waals surface area contributed by atoms with E-state index in [9.17, 15) is 4.79 Å². The molecular weight excluding hydrogens is 228 g/mol. The molecule has 0 saturated carbocycles. The van der Waals surface area contributed by atoms with E-state index in [0.29, 0.717) is 6.04 Å². The van der Waals surface area contributed by atoms with E-state index < -0.39 is 0 Å². The first-order chi connectivity index (χ1) is 8.35. The molecule has 4 nitrogen and oxygen atoms in total. The van der Waals surface area contributed by atoms with Crippen LogP contribution in [0.25, 0.3) is 0 Å². The highest BCUT2D eigenvalue weighted by Crippen LogP contribution is 2.26. The van der Waals surface area contributed by atoms with Crippen molar-refractivity contribution in [3.05, 3.63) is 0 Å². The Morgan fingerprint density at radius 2 is 2.17 bits per heavy atom. The van der Waals surface area contributed by atoms with Crippen molar-refractivity contribution in [3.8, 4) is 0 Å². The molecule has 0 spiro atoms. The number of nitrogens with one attached hydrogen (secondary N) is 1. The molecule has 1 atom stereocenters. The van der Waals surface area contributed by atoms with Gasteiger partial charge in [0.2, 0.25) is 5.91 Å². The fourth-order valence-electron chi connectivity index (χ4n) is 2.61. The van der Waals surface area contributed by atoms with Crippen LogP contribution in [-0.2, 0) is 4.79 Å². The second-order valence-corrected chi connectivity index (χ2v) is 6.41. The summed E-state index contributed by atoms with van der Waals surface area (Å²) in [5.41, 5.74) is 0.0884. The van der Waals surface area contributed by atoms with Gasteiger partial charge < -0.3 is 15.3 Å². The lowest BCUT2D eigenvalue weighted by molar-refractivity contribution is -0.130. The number of carbonyl (C=O) groups is 1. The first-order valence-electron chi connectivity index (χ1n) is 7.01. The van der Waals surface area contributed by atoms with Crippen LogP contribution >= 0.6 is 0 Å². The van der Waals surface area contributed by atoms with Gasteiger partial charge in [-0.2, -0.15) is 0 Å². The van der Waals surface area contributed by atoms with Crippen molar-refractivity contribution in [1.82, 2.24) is 10.2 Å². The molecule has 0 bridgehead atoms. The summed E-state index contributed by atoms with van der Waals surface area (Å²) in [7, 11) is 0. The lowest BCUT2D eigenvalue weighted by Crippen LogP contribution is -2.43. The molecule has 1 aliphatic heterocycles. The molecule has 2 N–H and O–H groups in total. The van der Waals surface area contributed by atoms with E-state index >= 15 is 0 Å². The van der Waals surface area contributed by atoms with Gasteiger partial charge in [0.25, 0.3) is 0 Å². The van der Waals surface area contributed by atoms with E-state index in [-0.39, 0.29) is 24.0 Å². The van der Waals surface area contributed by atoms with E-state index in [1.807, 2.05) is 4.90 Å². The minimum Gasteiger partial charge on any atom is -0.396 e. The zero-order chi connectivity index (χ0) is 13.8. The number of amides is 1. The summed E-state index contributed by atoms with van der Waals surface area (Å²) in [6.45, 7) is 10.4. The minimum absolute atomic E-state index is 0.00126. The molecule has 4 heteroatoms. The third-order valence-electron chi connectivity index (χ3n) is 3.46. The smallest absolute Gasteiger partial charge is 0.239 e. The maximum Gasteiger partial charge on any atom is 0.239 e. The lowest BCUT2D eigenvalue weighted by atomic mass is 9.87. The predicted molar refractivity (Wildman–Crippen MR) is 73.4 cm³/mol. The number of hydrogen-bond acceptors (Lipinski definition) is 3. The summed E-state index contributed by atoms with van der Waals surface area (Å²) < 4.78 is 0. The summed E-state index contributed by atoms with van der Waals surface area (Å²) in [5.74, 6) is 0.237. The third kappa shape index (κ3) is 4.58. The first kappa shape index (κ1) is 15.4. The van der Waals surface area contributed by atoms with E-state index in [0.717, 1.165) is 32.4 Å². The summed E-state index contributed by atoms with van der Waals surface area (Å²) >= 11 is 0. The van der Waals surface area contributed by atoms with E-state index in [2.05, 4.69) is 33.0 Å². The SMILES string of the molecule is CC(C)NC1CCN(CC(C)(C)CCCO)C1=O. The second-order valence-electron chi connectivity index (χ2n) is 6.41. The number of carbonyl (C=O) groups excluding carboxylic acids is 1. The number of hydrogen-bond donors (Lipinski definition) is 2. The molecule has 1 fully saturated rings. The molecule has 1 rings (SSSR count). The Morgan fingerprint density at radius 1 is 1.50 bits per heavy atom. The third-order valence-corrected chi connectivity index (χ3v) is 3.46. The van der Waals surface area contributed by atoms with Crippen LogP contribution in [0, 0.1) is 5.41 Å². The Labute approximate surface area is 111 Å². The summed E-state index contributed by atoms with van der Waals surface area (Å²) in [5, 5.41) is 12.2. The van der Waals surface area contributed by atoms with Gasteiger partial charge >= 0.3 is 0 Å². The van der Waals surface area contributed by atoms with Crippen molar-refractivity contribution >= 4 is 5.91 Å². The Kier molecular flexibility index (Phi) is 5.60. The quantitative estimate of drug-likeness (QED) is 0.723. The fraction of sp³-hybridized carbons (Fsp3) is 0.929. The van der Waals surface area contributed by atoms with Gasteiger partial charge in [-0.3, -0.25) is 4.79 Å². The Bertz CT molecular complexity index is 277. The number of nitrogens with zero attached hydrogens (tertiary/aromatic N) is 1. The average molecular weight is 256 g/mol. The topological polar surface area (TPSA) is 52.6 Å². The fourth-order valence-corrected chi connectivity index (χ4v) is 2.61. The van der Waals surface area contributed by atoms with Crippen LogP contribution in [0.1, 0.15) is 47.0 Å². The van der Waals surface area contributed by atoms with Crippen molar-refractivity contribution in [2.75, 3.05) is 19.7 Å². The van der Waals surface area contributed by atoms with Crippen LogP contribution in [0.2, 0.25) is 0 Å². The molecule has 106 valence electrons. The van der Waals surface area contributed by atoms with Gasteiger partial charge in [-0.05, 0) is 24.7 Å². The highest BCUT2D eigenvalue weighted by Gasteiger charge is 2.34. The van der Waals surface area contributed by atoms with Crippen LogP contribution in [0.15, 0.2) is 0 Å². The van der Waals surface area contributed by atoms with Crippen LogP contribution in [0.5, 0.6) is 0 Å². The monoisotopic (exact) mass is 256 g/mol. The summed E-state index contributed by atoms with van der Waals surface area (Å²) in [6, 6.07) is 0.347. The average Bonchev–Trinajstić information content (AvgIpc) is 2.58. The lowest BCUT2D eigenvalue weighted by Gasteiger charge is -2.30. The van der Waals surface area contributed by atoms with Gasteiger partial charge in [0.1, 0.15) is 0 Å². The Hall–Kier alpha value is -0.610. The maximum atomic E-state index is 12.2. The van der Waals surface area contributed by atoms with Gasteiger partial charge in [0, 0.05) is 25.7 Å². The van der Waals surface area contributed by atoms with Gasteiger partial charge in [0.15, 0.2) is 0 Å². The molecule has 0 aromatic carbocycles. The molecule has 0 aromatic rings. The van der Waals surface area contributed by atoms with Crippen molar-refractivity contribution in [2.24, 2.45) is 5.41 Å². The highest BCUT2D eigenvalue weighted by atomic mass is 16.3. The molecule has 1 amide bonds. The summed E-state index contributed by atoms with van der Waals surface area (Å²) in [6.07, 6.45) is 2.67. The second kappa shape index (κ2) is 6.53. The highest BCUT2D eigenvalue weighted by molar-refractivity contribution is 5.84. The van der Waals surface area contributed by atoms with Gasteiger partial charge in [-0.15, -0.1) is 0 Å². The van der Waals surface area contributed by atoms with Crippen molar-refractivity contribution < 1.29 is 9.90 Å². The summed E-state index contributed by atoms with van der Waals surface area (Å²) in [4.78, 5) is 14.2. The zero-order valence-electron chi connectivity index (χ0n) is 12.2.